The SMILES string of the molecule is Cc1ccc(CN2CCN(c3ccccc3[C@H](O)c3nccn3C)CC2)s1. The lowest BCUT2D eigenvalue weighted by atomic mass is 10.0. The largest absolute Gasteiger partial charge is 0.380 e. The summed E-state index contributed by atoms with van der Waals surface area (Å²) in [6.45, 7) is 7.19. The number of aromatic nitrogens is 2. The molecular weight excluding hydrogens is 356 g/mol. The van der Waals surface area contributed by atoms with Gasteiger partial charge in [0.1, 0.15) is 11.9 Å². The van der Waals surface area contributed by atoms with Gasteiger partial charge in [-0.2, -0.15) is 0 Å². The molecule has 0 aliphatic carbocycles. The summed E-state index contributed by atoms with van der Waals surface area (Å²) >= 11 is 1.89. The van der Waals surface area contributed by atoms with Crippen LogP contribution in [0.2, 0.25) is 0 Å². The normalized spacial score (nSPS) is 16.6. The van der Waals surface area contributed by atoms with Gasteiger partial charge in [0.2, 0.25) is 0 Å². The molecule has 1 atom stereocenters. The van der Waals surface area contributed by atoms with Crippen molar-refractivity contribution in [2.24, 2.45) is 7.05 Å². The molecule has 0 radical (unpaired) electrons. The number of aliphatic hydroxyl groups is 1. The fourth-order valence-electron chi connectivity index (χ4n) is 3.72. The number of anilines is 1. The predicted octanol–water partition coefficient (Wildman–Crippen LogP) is 3.19. The number of imidazole rings is 1. The van der Waals surface area contributed by atoms with Gasteiger partial charge >= 0.3 is 0 Å². The summed E-state index contributed by atoms with van der Waals surface area (Å²) < 4.78 is 1.88. The molecule has 3 aromatic rings. The number of aliphatic hydroxyl groups excluding tert-OH is 1. The first-order chi connectivity index (χ1) is 13.1. The quantitative estimate of drug-likeness (QED) is 0.736. The van der Waals surface area contributed by atoms with Crippen LogP contribution in [-0.4, -0.2) is 45.7 Å². The summed E-state index contributed by atoms with van der Waals surface area (Å²) in [6, 6.07) is 12.6. The fourth-order valence-corrected chi connectivity index (χ4v) is 4.66. The number of para-hydroxylation sites is 1. The van der Waals surface area contributed by atoms with Crippen LogP contribution in [0.15, 0.2) is 48.8 Å². The molecule has 0 spiro atoms. The smallest absolute Gasteiger partial charge is 0.142 e. The van der Waals surface area contributed by atoms with Crippen molar-refractivity contribution in [1.29, 1.82) is 0 Å². The van der Waals surface area contributed by atoms with Crippen LogP contribution in [0.3, 0.4) is 0 Å². The maximum atomic E-state index is 10.9. The van der Waals surface area contributed by atoms with Crippen molar-refractivity contribution in [2.75, 3.05) is 31.1 Å². The lowest BCUT2D eigenvalue weighted by Crippen LogP contribution is -2.46. The highest BCUT2D eigenvalue weighted by atomic mass is 32.1. The average Bonchev–Trinajstić information content (AvgIpc) is 3.30. The predicted molar refractivity (Wildman–Crippen MR) is 110 cm³/mol. The molecule has 0 unspecified atom stereocenters. The van der Waals surface area contributed by atoms with Crippen LogP contribution in [0.25, 0.3) is 0 Å². The number of hydrogen-bond donors (Lipinski definition) is 1. The third-order valence-corrected chi connectivity index (χ3v) is 6.21. The van der Waals surface area contributed by atoms with Crippen LogP contribution >= 0.6 is 11.3 Å². The number of thiophene rings is 1. The van der Waals surface area contributed by atoms with Gasteiger partial charge in [-0.05, 0) is 25.1 Å². The minimum absolute atomic E-state index is 0.675. The number of piperazine rings is 1. The highest BCUT2D eigenvalue weighted by Gasteiger charge is 2.24. The fraction of sp³-hybridized carbons (Fsp3) is 0.381. The molecule has 1 saturated heterocycles. The van der Waals surface area contributed by atoms with Gasteiger partial charge in [0.25, 0.3) is 0 Å². The summed E-state index contributed by atoms with van der Waals surface area (Å²) in [4.78, 5) is 12.0. The monoisotopic (exact) mass is 382 g/mol. The topological polar surface area (TPSA) is 44.5 Å². The minimum Gasteiger partial charge on any atom is -0.380 e. The zero-order valence-corrected chi connectivity index (χ0v) is 16.7. The lowest BCUT2D eigenvalue weighted by Gasteiger charge is -2.37. The first-order valence-corrected chi connectivity index (χ1v) is 10.2. The van der Waals surface area contributed by atoms with Crippen LogP contribution in [0.5, 0.6) is 0 Å². The highest BCUT2D eigenvalue weighted by molar-refractivity contribution is 7.11. The molecule has 2 aromatic heterocycles. The van der Waals surface area contributed by atoms with Crippen molar-refractivity contribution in [3.8, 4) is 0 Å². The van der Waals surface area contributed by atoms with E-state index < -0.39 is 6.10 Å². The molecule has 27 heavy (non-hydrogen) atoms. The van der Waals surface area contributed by atoms with Crippen molar-refractivity contribution < 1.29 is 5.11 Å². The molecule has 0 saturated carbocycles. The van der Waals surface area contributed by atoms with Gasteiger partial charge in [-0.25, -0.2) is 4.98 Å². The van der Waals surface area contributed by atoms with Crippen molar-refractivity contribution in [2.45, 2.75) is 19.6 Å². The van der Waals surface area contributed by atoms with E-state index in [9.17, 15) is 5.11 Å². The van der Waals surface area contributed by atoms with Gasteiger partial charge in [0.05, 0.1) is 0 Å². The van der Waals surface area contributed by atoms with E-state index in [2.05, 4.69) is 39.9 Å². The molecule has 0 bridgehead atoms. The van der Waals surface area contributed by atoms with E-state index in [1.165, 1.54) is 9.75 Å². The van der Waals surface area contributed by atoms with E-state index in [1.54, 1.807) is 6.20 Å². The van der Waals surface area contributed by atoms with Gasteiger partial charge < -0.3 is 14.6 Å². The Kier molecular flexibility index (Phi) is 5.29. The maximum Gasteiger partial charge on any atom is 0.142 e. The van der Waals surface area contributed by atoms with Gasteiger partial charge in [-0.15, -0.1) is 11.3 Å². The van der Waals surface area contributed by atoms with E-state index in [1.807, 2.05) is 47.3 Å². The summed E-state index contributed by atoms with van der Waals surface area (Å²) in [6.07, 6.45) is 2.88. The molecular formula is C21H26N4OS. The van der Waals surface area contributed by atoms with E-state index in [4.69, 9.17) is 0 Å². The molecule has 1 aromatic carbocycles. The molecule has 1 aliphatic rings. The van der Waals surface area contributed by atoms with Gasteiger partial charge in [0.15, 0.2) is 0 Å². The highest BCUT2D eigenvalue weighted by Crippen LogP contribution is 2.30. The lowest BCUT2D eigenvalue weighted by molar-refractivity contribution is 0.205. The summed E-state index contributed by atoms with van der Waals surface area (Å²) in [5, 5.41) is 10.9. The molecule has 142 valence electrons. The maximum absolute atomic E-state index is 10.9. The Balaban J connectivity index is 1.46. The van der Waals surface area contributed by atoms with Gasteiger partial charge in [-0.1, -0.05) is 18.2 Å². The molecule has 1 aliphatic heterocycles. The van der Waals surface area contributed by atoms with E-state index in [0.717, 1.165) is 44.0 Å². The summed E-state index contributed by atoms with van der Waals surface area (Å²) in [5.74, 6) is 0.675. The molecule has 6 heteroatoms. The van der Waals surface area contributed by atoms with Crippen molar-refractivity contribution in [3.63, 3.8) is 0 Å². The Morgan fingerprint density at radius 3 is 2.56 bits per heavy atom. The van der Waals surface area contributed by atoms with E-state index in [0.29, 0.717) is 5.82 Å². The van der Waals surface area contributed by atoms with Gasteiger partial charge in [0, 0.05) is 73.2 Å². The third-order valence-electron chi connectivity index (χ3n) is 5.22. The van der Waals surface area contributed by atoms with Crippen LogP contribution in [-0.2, 0) is 13.6 Å². The average molecular weight is 383 g/mol. The van der Waals surface area contributed by atoms with Crippen molar-refractivity contribution in [3.05, 3.63) is 69.9 Å². The molecule has 1 N–H and O–H groups in total. The number of rotatable bonds is 5. The Morgan fingerprint density at radius 1 is 1.11 bits per heavy atom. The number of hydrogen-bond acceptors (Lipinski definition) is 5. The molecule has 3 heterocycles. The summed E-state index contributed by atoms with van der Waals surface area (Å²) in [7, 11) is 1.92. The Labute approximate surface area is 164 Å². The second-order valence-corrected chi connectivity index (χ2v) is 8.51. The van der Waals surface area contributed by atoms with Crippen LogP contribution in [0, 0.1) is 6.92 Å². The number of aryl methyl sites for hydroxylation is 2. The second kappa shape index (κ2) is 7.84. The minimum atomic E-state index is -0.715. The Bertz CT molecular complexity index is 895. The van der Waals surface area contributed by atoms with E-state index >= 15 is 0 Å². The van der Waals surface area contributed by atoms with Crippen LogP contribution in [0.4, 0.5) is 5.69 Å². The number of benzene rings is 1. The van der Waals surface area contributed by atoms with E-state index in [-0.39, 0.29) is 0 Å². The molecule has 0 amide bonds. The molecule has 4 rings (SSSR count). The zero-order chi connectivity index (χ0) is 18.8. The third kappa shape index (κ3) is 3.93. The van der Waals surface area contributed by atoms with Crippen molar-refractivity contribution in [1.82, 2.24) is 14.5 Å². The van der Waals surface area contributed by atoms with Gasteiger partial charge in [-0.3, -0.25) is 4.90 Å². The van der Waals surface area contributed by atoms with Crippen LogP contribution in [0.1, 0.15) is 27.2 Å². The Morgan fingerprint density at radius 2 is 1.89 bits per heavy atom. The first kappa shape index (κ1) is 18.2. The molecule has 5 nitrogen and oxygen atoms in total. The number of nitrogens with zero attached hydrogens (tertiary/aromatic N) is 4. The zero-order valence-electron chi connectivity index (χ0n) is 15.9. The summed E-state index contributed by atoms with van der Waals surface area (Å²) in [5.41, 5.74) is 2.04. The second-order valence-electron chi connectivity index (χ2n) is 7.13. The standard InChI is InChI=1S/C21H26N4OS/c1-16-7-8-17(27-16)15-24-11-13-25(14-12-24)19-6-4-3-5-18(19)20(26)21-22-9-10-23(21)2/h3-10,20,26H,11-15H2,1-2H3/t20-/m0/s1. The Hall–Kier alpha value is -2.15. The van der Waals surface area contributed by atoms with Crippen molar-refractivity contribution >= 4 is 17.0 Å². The van der Waals surface area contributed by atoms with Crippen LogP contribution < -0.4 is 4.90 Å². The molecule has 1 fully saturated rings. The first-order valence-electron chi connectivity index (χ1n) is 9.38.